The van der Waals surface area contributed by atoms with Gasteiger partial charge in [-0.1, -0.05) is 31.6 Å². The Labute approximate surface area is 69.2 Å². The Hall–Kier alpha value is -0.720. The van der Waals surface area contributed by atoms with Gasteiger partial charge < -0.3 is 5.32 Å². The van der Waals surface area contributed by atoms with E-state index in [1.165, 1.54) is 0 Å². The summed E-state index contributed by atoms with van der Waals surface area (Å²) in [5.41, 5.74) is 1.57. The van der Waals surface area contributed by atoms with Crippen LogP contribution in [0.4, 0.5) is 0 Å². The molecular weight excluding hydrogens is 134 g/mol. The fourth-order valence-corrected chi connectivity index (χ4v) is 1.26. The second-order valence-electron chi connectivity index (χ2n) is 3.28. The molecule has 1 rings (SSSR count). The van der Waals surface area contributed by atoms with Crippen LogP contribution in [0.2, 0.25) is 0 Å². The summed E-state index contributed by atoms with van der Waals surface area (Å²) < 4.78 is 0. The Morgan fingerprint density at radius 1 is 1.45 bits per heavy atom. The van der Waals surface area contributed by atoms with Crippen LogP contribution in [0.3, 0.4) is 0 Å². The molecule has 0 saturated heterocycles. The van der Waals surface area contributed by atoms with Gasteiger partial charge in [0, 0.05) is 6.54 Å². The van der Waals surface area contributed by atoms with Crippen molar-refractivity contribution in [2.45, 2.75) is 26.7 Å². The van der Waals surface area contributed by atoms with Crippen LogP contribution in [0, 0.1) is 5.92 Å². The highest BCUT2D eigenvalue weighted by atomic mass is 14.8. The maximum Gasteiger partial charge on any atom is 0.0176 e. The second-order valence-corrected chi connectivity index (χ2v) is 3.28. The van der Waals surface area contributed by atoms with Gasteiger partial charge in [0.25, 0.3) is 0 Å². The van der Waals surface area contributed by atoms with Gasteiger partial charge in [-0.2, -0.15) is 0 Å². The number of hydrogen-bond donors (Lipinski definition) is 1. The van der Waals surface area contributed by atoms with E-state index in [-0.39, 0.29) is 0 Å². The molecule has 0 amide bonds. The van der Waals surface area contributed by atoms with Crippen LogP contribution in [0.1, 0.15) is 26.7 Å². The zero-order valence-electron chi connectivity index (χ0n) is 7.43. The number of nitrogens with one attached hydrogen (secondary N) is 1. The molecule has 0 aromatic carbocycles. The van der Waals surface area contributed by atoms with E-state index in [1.807, 2.05) is 0 Å². The highest BCUT2D eigenvalue weighted by molar-refractivity contribution is 5.11. The minimum Gasteiger partial charge on any atom is -0.391 e. The molecule has 0 aliphatic carbocycles. The van der Waals surface area contributed by atoms with Crippen LogP contribution >= 0.6 is 0 Å². The van der Waals surface area contributed by atoms with Crippen LogP contribution in [-0.2, 0) is 0 Å². The van der Waals surface area contributed by atoms with Crippen LogP contribution in [-0.4, -0.2) is 6.54 Å². The highest BCUT2D eigenvalue weighted by Crippen LogP contribution is 2.15. The molecule has 1 aliphatic heterocycles. The molecule has 1 heteroatoms. The predicted octanol–water partition coefficient (Wildman–Crippen LogP) is 2.47. The van der Waals surface area contributed by atoms with Gasteiger partial charge in [0.1, 0.15) is 0 Å². The van der Waals surface area contributed by atoms with Gasteiger partial charge in [-0.25, -0.2) is 0 Å². The third kappa shape index (κ3) is 2.79. The van der Waals surface area contributed by atoms with Crippen molar-refractivity contribution < 1.29 is 0 Å². The first-order chi connectivity index (χ1) is 5.30. The van der Waals surface area contributed by atoms with E-state index < -0.39 is 0 Å². The first-order valence-electron chi connectivity index (χ1n) is 4.38. The Morgan fingerprint density at radius 2 is 2.27 bits per heavy atom. The summed E-state index contributed by atoms with van der Waals surface area (Å²) in [5.74, 6) is 0.706. The number of hydrogen-bond acceptors (Lipinski definition) is 1. The molecule has 1 heterocycles. The van der Waals surface area contributed by atoms with Gasteiger partial charge in [-0.05, 0) is 25.0 Å². The van der Waals surface area contributed by atoms with E-state index in [0.29, 0.717) is 5.92 Å². The van der Waals surface area contributed by atoms with E-state index in [0.717, 1.165) is 19.4 Å². The number of allylic oxidation sites excluding steroid dienone is 2. The van der Waals surface area contributed by atoms with Crippen molar-refractivity contribution in [3.63, 3.8) is 0 Å². The Balaban J connectivity index is 2.54. The molecule has 0 saturated carbocycles. The first-order valence-corrected chi connectivity index (χ1v) is 4.38. The normalized spacial score (nSPS) is 26.3. The average Bonchev–Trinajstić information content (AvgIpc) is 1.84. The van der Waals surface area contributed by atoms with Gasteiger partial charge in [0.05, 0.1) is 0 Å². The van der Waals surface area contributed by atoms with Crippen molar-refractivity contribution in [3.05, 3.63) is 23.9 Å². The Morgan fingerprint density at radius 3 is 3.00 bits per heavy atom. The quantitative estimate of drug-likeness (QED) is 0.568. The second kappa shape index (κ2) is 4.22. The Bertz CT molecular complexity index is 166. The maximum atomic E-state index is 3.22. The van der Waals surface area contributed by atoms with Gasteiger partial charge in [0.15, 0.2) is 0 Å². The summed E-state index contributed by atoms with van der Waals surface area (Å²) in [5, 5.41) is 3.22. The molecule has 1 N–H and O–H groups in total. The third-order valence-corrected chi connectivity index (χ3v) is 2.03. The van der Waals surface area contributed by atoms with Crippen LogP contribution in [0.5, 0.6) is 0 Å². The molecule has 11 heavy (non-hydrogen) atoms. The van der Waals surface area contributed by atoms with Gasteiger partial charge in [-0.15, -0.1) is 0 Å². The summed E-state index contributed by atoms with van der Waals surface area (Å²) in [6.07, 6.45) is 8.91. The summed E-state index contributed by atoms with van der Waals surface area (Å²) in [6, 6.07) is 0. The fraction of sp³-hybridized carbons (Fsp3) is 0.600. The summed E-state index contributed by atoms with van der Waals surface area (Å²) in [4.78, 5) is 0. The van der Waals surface area contributed by atoms with Crippen LogP contribution in [0.25, 0.3) is 0 Å². The van der Waals surface area contributed by atoms with E-state index >= 15 is 0 Å². The van der Waals surface area contributed by atoms with Gasteiger partial charge in [-0.3, -0.25) is 0 Å². The fourth-order valence-electron chi connectivity index (χ4n) is 1.26. The molecule has 0 bridgehead atoms. The molecular formula is C10H17N. The summed E-state index contributed by atoms with van der Waals surface area (Å²) in [6.45, 7) is 5.59. The third-order valence-electron chi connectivity index (χ3n) is 2.03. The smallest absolute Gasteiger partial charge is 0.0176 e. The zero-order valence-corrected chi connectivity index (χ0v) is 7.43. The largest absolute Gasteiger partial charge is 0.391 e. The Kier molecular flexibility index (Phi) is 3.21. The summed E-state index contributed by atoms with van der Waals surface area (Å²) in [7, 11) is 0. The minimum absolute atomic E-state index is 0.706. The average molecular weight is 151 g/mol. The van der Waals surface area contributed by atoms with Crippen molar-refractivity contribution in [2.24, 2.45) is 5.92 Å². The van der Waals surface area contributed by atoms with Crippen LogP contribution in [0.15, 0.2) is 23.9 Å². The monoisotopic (exact) mass is 151 g/mol. The van der Waals surface area contributed by atoms with E-state index in [2.05, 4.69) is 37.5 Å². The van der Waals surface area contributed by atoms with E-state index in [1.54, 1.807) is 5.57 Å². The topological polar surface area (TPSA) is 12.0 Å². The number of rotatable bonds is 1. The molecule has 0 unspecified atom stereocenters. The van der Waals surface area contributed by atoms with Crippen molar-refractivity contribution in [1.29, 1.82) is 0 Å². The molecule has 1 aliphatic rings. The van der Waals surface area contributed by atoms with E-state index in [9.17, 15) is 0 Å². The lowest BCUT2D eigenvalue weighted by molar-refractivity contribution is 0.722. The van der Waals surface area contributed by atoms with Crippen molar-refractivity contribution in [2.75, 3.05) is 6.54 Å². The van der Waals surface area contributed by atoms with Crippen LogP contribution < -0.4 is 5.32 Å². The van der Waals surface area contributed by atoms with E-state index in [4.69, 9.17) is 0 Å². The lowest BCUT2D eigenvalue weighted by atomic mass is 9.98. The minimum atomic E-state index is 0.706. The van der Waals surface area contributed by atoms with Crippen molar-refractivity contribution in [3.8, 4) is 0 Å². The molecule has 62 valence electrons. The van der Waals surface area contributed by atoms with Crippen molar-refractivity contribution in [1.82, 2.24) is 5.32 Å². The zero-order chi connectivity index (χ0) is 8.10. The molecule has 0 fully saturated rings. The first kappa shape index (κ1) is 8.38. The SMILES string of the molecule is CC(C)/C1=C\CCN/C=C/C1. The van der Waals surface area contributed by atoms with Gasteiger partial charge in [0.2, 0.25) is 0 Å². The van der Waals surface area contributed by atoms with Crippen molar-refractivity contribution >= 4 is 0 Å². The van der Waals surface area contributed by atoms with Gasteiger partial charge >= 0.3 is 0 Å². The molecule has 0 spiro atoms. The summed E-state index contributed by atoms with van der Waals surface area (Å²) >= 11 is 0. The molecule has 0 aromatic heterocycles. The molecule has 0 atom stereocenters. The lowest BCUT2D eigenvalue weighted by Crippen LogP contribution is -2.08. The standard InChI is InChI=1S/C10H17N/c1-9(2)10-5-3-7-11-8-4-6-10/h3,6-7,9,11H,4-5,8H2,1-2H3/b7-3+,10-6-. The molecule has 1 nitrogen and oxygen atoms in total. The highest BCUT2D eigenvalue weighted by Gasteiger charge is 2.01. The molecule has 0 aromatic rings. The molecule has 0 radical (unpaired) electrons. The lowest BCUT2D eigenvalue weighted by Gasteiger charge is -2.11. The maximum absolute atomic E-state index is 3.22. The predicted molar refractivity (Wildman–Crippen MR) is 49.3 cm³/mol.